The van der Waals surface area contributed by atoms with E-state index in [2.05, 4.69) is 32.9 Å². The smallest absolute Gasteiger partial charge is 0.137 e. The number of hydrogen-bond acceptors (Lipinski definition) is 1. The Morgan fingerprint density at radius 3 is 2.00 bits per heavy atom. The molecular weight excluding hydrogens is 198 g/mol. The van der Waals surface area contributed by atoms with Crippen molar-refractivity contribution in [1.82, 2.24) is 4.65 Å². The molecule has 0 saturated carbocycles. The zero-order valence-corrected chi connectivity index (χ0v) is 10.4. The van der Waals surface area contributed by atoms with Crippen LogP contribution >= 0.6 is 0 Å². The molecule has 2 nitrogen and oxygen atoms in total. The van der Waals surface area contributed by atoms with Gasteiger partial charge in [0.25, 0.3) is 0 Å². The molecule has 1 aromatic rings. The normalized spacial score (nSPS) is 24.9. The fraction of sp³-hybridized carbons (Fsp3) is 0.429. The monoisotopic (exact) mass is 217 g/mol. The van der Waals surface area contributed by atoms with Crippen LogP contribution in [-0.2, 0) is 5.41 Å². The summed E-state index contributed by atoms with van der Waals surface area (Å²) < 4.78 is -0.273. The first-order valence-corrected chi connectivity index (χ1v) is 5.71. The molecule has 1 aliphatic rings. The van der Waals surface area contributed by atoms with Gasteiger partial charge >= 0.3 is 0 Å². The highest BCUT2D eigenvalue weighted by molar-refractivity contribution is 5.53. The van der Waals surface area contributed by atoms with E-state index in [1.165, 1.54) is 5.56 Å². The van der Waals surface area contributed by atoms with Crippen LogP contribution < -0.4 is 4.65 Å². The van der Waals surface area contributed by atoms with Crippen molar-refractivity contribution in [2.75, 3.05) is 6.54 Å². The number of allylic oxidation sites excluding steroid dienone is 1. The van der Waals surface area contributed by atoms with Crippen molar-refractivity contribution in [1.29, 1.82) is 0 Å². The molecule has 0 amide bonds. The average Bonchev–Trinajstić information content (AvgIpc) is 2.25. The summed E-state index contributed by atoms with van der Waals surface area (Å²) in [4.78, 5) is 0. The Kier molecular flexibility index (Phi) is 2.44. The zero-order chi connectivity index (χ0) is 12.0. The number of rotatable bonds is 1. The van der Waals surface area contributed by atoms with Crippen LogP contribution in [0.4, 0.5) is 5.69 Å². The minimum absolute atomic E-state index is 0.145. The molecular formula is C14H19NO. The average molecular weight is 217 g/mol. The highest BCUT2D eigenvalue weighted by Crippen LogP contribution is 2.34. The SMILES string of the molecule is CC1=CC[N+]1([O-])c1ccc(C(C)(C)C)cc1. The topological polar surface area (TPSA) is 23.1 Å². The van der Waals surface area contributed by atoms with Gasteiger partial charge in [0.15, 0.2) is 0 Å². The first-order chi connectivity index (χ1) is 7.34. The third-order valence-electron chi connectivity index (χ3n) is 3.36. The first-order valence-electron chi connectivity index (χ1n) is 5.71. The van der Waals surface area contributed by atoms with Gasteiger partial charge in [-0.05, 0) is 11.0 Å². The molecule has 2 heteroatoms. The lowest BCUT2D eigenvalue weighted by Gasteiger charge is -2.47. The van der Waals surface area contributed by atoms with Crippen LogP contribution in [0.1, 0.15) is 33.3 Å². The maximum atomic E-state index is 12.3. The molecule has 0 aliphatic carbocycles. The van der Waals surface area contributed by atoms with Crippen LogP contribution in [0.2, 0.25) is 0 Å². The van der Waals surface area contributed by atoms with Crippen molar-refractivity contribution in [3.63, 3.8) is 0 Å². The van der Waals surface area contributed by atoms with Crippen molar-refractivity contribution in [2.24, 2.45) is 0 Å². The molecule has 1 aliphatic heterocycles. The third kappa shape index (κ3) is 1.68. The molecule has 0 saturated heterocycles. The highest BCUT2D eigenvalue weighted by Gasteiger charge is 2.30. The van der Waals surface area contributed by atoms with Crippen LogP contribution in [-0.4, -0.2) is 6.54 Å². The Hall–Kier alpha value is -1.12. The maximum Gasteiger partial charge on any atom is 0.137 e. The van der Waals surface area contributed by atoms with E-state index < -0.39 is 0 Å². The van der Waals surface area contributed by atoms with E-state index in [-0.39, 0.29) is 10.1 Å². The highest BCUT2D eigenvalue weighted by atomic mass is 16.5. The summed E-state index contributed by atoms with van der Waals surface area (Å²) in [5.41, 5.74) is 3.15. The fourth-order valence-corrected chi connectivity index (χ4v) is 1.95. The Bertz CT molecular complexity index is 425. The second kappa shape index (κ2) is 3.44. The molecule has 16 heavy (non-hydrogen) atoms. The van der Waals surface area contributed by atoms with Crippen LogP contribution in [0.15, 0.2) is 36.0 Å². The van der Waals surface area contributed by atoms with Gasteiger partial charge in [0.1, 0.15) is 17.9 Å². The lowest BCUT2D eigenvalue weighted by molar-refractivity contribution is 0.446. The van der Waals surface area contributed by atoms with Crippen molar-refractivity contribution in [2.45, 2.75) is 33.1 Å². The second-order valence-corrected chi connectivity index (χ2v) is 5.56. The summed E-state index contributed by atoms with van der Waals surface area (Å²) in [5, 5.41) is 12.3. The molecule has 86 valence electrons. The molecule has 1 unspecified atom stereocenters. The van der Waals surface area contributed by atoms with E-state index in [9.17, 15) is 5.21 Å². The number of hydrogen-bond donors (Lipinski definition) is 0. The number of quaternary nitrogens is 1. The van der Waals surface area contributed by atoms with Gasteiger partial charge in [0, 0.05) is 25.1 Å². The Balaban J connectivity index is 2.31. The predicted molar refractivity (Wildman–Crippen MR) is 68.9 cm³/mol. The van der Waals surface area contributed by atoms with Crippen LogP contribution in [0.5, 0.6) is 0 Å². The molecule has 0 fully saturated rings. The minimum Gasteiger partial charge on any atom is -0.622 e. The Morgan fingerprint density at radius 1 is 1.12 bits per heavy atom. The van der Waals surface area contributed by atoms with Gasteiger partial charge in [0.05, 0.1) is 0 Å². The van der Waals surface area contributed by atoms with Crippen molar-refractivity contribution >= 4 is 5.69 Å². The molecule has 0 radical (unpaired) electrons. The summed E-state index contributed by atoms with van der Waals surface area (Å²) in [7, 11) is 0. The number of nitrogens with zero attached hydrogens (tertiary/aromatic N) is 1. The third-order valence-corrected chi connectivity index (χ3v) is 3.36. The maximum absolute atomic E-state index is 12.3. The van der Waals surface area contributed by atoms with Gasteiger partial charge in [-0.1, -0.05) is 32.9 Å². The molecule has 2 rings (SSSR count). The summed E-state index contributed by atoms with van der Waals surface area (Å²) >= 11 is 0. The molecule has 0 N–H and O–H groups in total. The lowest BCUT2D eigenvalue weighted by Crippen LogP contribution is -2.48. The molecule has 0 bridgehead atoms. The van der Waals surface area contributed by atoms with Gasteiger partial charge < -0.3 is 5.21 Å². The zero-order valence-electron chi connectivity index (χ0n) is 10.4. The fourth-order valence-electron chi connectivity index (χ4n) is 1.95. The summed E-state index contributed by atoms with van der Waals surface area (Å²) in [5.74, 6) is 0. The molecule has 1 heterocycles. The number of hydroxylamine groups is 2. The van der Waals surface area contributed by atoms with E-state index in [0.29, 0.717) is 6.54 Å². The van der Waals surface area contributed by atoms with Gasteiger partial charge in [-0.3, -0.25) is 4.65 Å². The van der Waals surface area contributed by atoms with Gasteiger partial charge in [-0.25, -0.2) is 0 Å². The summed E-state index contributed by atoms with van der Waals surface area (Å²) in [6, 6.07) is 8.06. The first kappa shape index (κ1) is 11.4. The lowest BCUT2D eigenvalue weighted by atomic mass is 9.87. The molecule has 1 atom stereocenters. The van der Waals surface area contributed by atoms with E-state index >= 15 is 0 Å². The second-order valence-electron chi connectivity index (χ2n) is 5.56. The van der Waals surface area contributed by atoms with Gasteiger partial charge in [0.2, 0.25) is 0 Å². The quantitative estimate of drug-likeness (QED) is 0.519. The molecule has 0 spiro atoms. The Morgan fingerprint density at radius 2 is 1.69 bits per heavy atom. The van der Waals surface area contributed by atoms with E-state index in [4.69, 9.17) is 0 Å². The summed E-state index contributed by atoms with van der Waals surface area (Å²) in [6.45, 7) is 9.00. The van der Waals surface area contributed by atoms with Crippen LogP contribution in [0.3, 0.4) is 0 Å². The minimum atomic E-state index is -0.273. The number of benzene rings is 1. The summed E-state index contributed by atoms with van der Waals surface area (Å²) in [6.07, 6.45) is 1.99. The van der Waals surface area contributed by atoms with Gasteiger partial charge in [-0.15, -0.1) is 0 Å². The Labute approximate surface area is 97.4 Å². The van der Waals surface area contributed by atoms with Crippen LogP contribution in [0.25, 0.3) is 0 Å². The van der Waals surface area contributed by atoms with Gasteiger partial charge in [-0.2, -0.15) is 0 Å². The van der Waals surface area contributed by atoms with Crippen molar-refractivity contribution in [3.05, 3.63) is 46.8 Å². The molecule has 0 aromatic heterocycles. The van der Waals surface area contributed by atoms with E-state index in [0.717, 1.165) is 11.4 Å². The van der Waals surface area contributed by atoms with Crippen LogP contribution in [0, 0.1) is 5.21 Å². The largest absolute Gasteiger partial charge is 0.622 e. The predicted octanol–water partition coefficient (Wildman–Crippen LogP) is 3.71. The van der Waals surface area contributed by atoms with E-state index in [1.807, 2.05) is 25.1 Å². The van der Waals surface area contributed by atoms with Crippen molar-refractivity contribution < 1.29 is 0 Å². The van der Waals surface area contributed by atoms with Crippen molar-refractivity contribution in [3.8, 4) is 0 Å². The standard InChI is InChI=1S/C14H19NO/c1-11-9-10-15(11,16)13-7-5-12(6-8-13)14(2,3)4/h5-9H,10H2,1-4H3. The van der Waals surface area contributed by atoms with E-state index in [1.54, 1.807) is 0 Å². The molecule has 1 aromatic carbocycles.